The molecule has 1 aliphatic rings. The van der Waals surface area contributed by atoms with E-state index >= 15 is 0 Å². The summed E-state index contributed by atoms with van der Waals surface area (Å²) in [6.45, 7) is 0.366. The number of aliphatic hydroxyl groups is 1. The molecule has 1 aromatic heterocycles. The van der Waals surface area contributed by atoms with Crippen LogP contribution in [0.15, 0.2) is 53.5 Å². The van der Waals surface area contributed by atoms with Crippen molar-refractivity contribution in [1.29, 1.82) is 0 Å². The van der Waals surface area contributed by atoms with E-state index in [1.54, 1.807) is 24.2 Å². The third-order valence-electron chi connectivity index (χ3n) is 4.56. The minimum absolute atomic E-state index is 0.0614. The van der Waals surface area contributed by atoms with Crippen LogP contribution >= 0.6 is 0 Å². The van der Waals surface area contributed by atoms with Crippen molar-refractivity contribution in [3.8, 4) is 0 Å². The molecule has 0 spiro atoms. The molecule has 1 heterocycles. The lowest BCUT2D eigenvalue weighted by molar-refractivity contribution is 0.0531. The van der Waals surface area contributed by atoms with Gasteiger partial charge in [-0.15, -0.1) is 0 Å². The molecule has 1 fully saturated rings. The van der Waals surface area contributed by atoms with Crippen LogP contribution in [0.4, 0.5) is 0 Å². The van der Waals surface area contributed by atoms with E-state index in [9.17, 15) is 14.7 Å². The van der Waals surface area contributed by atoms with Gasteiger partial charge in [0, 0.05) is 31.4 Å². The van der Waals surface area contributed by atoms with E-state index < -0.39 is 0 Å². The topological polar surface area (TPSA) is 62.5 Å². The second-order valence-electron chi connectivity index (χ2n) is 6.37. The molecule has 0 radical (unpaired) electrons. The molecule has 1 amide bonds. The number of hydrogen-bond donors (Lipinski definition) is 1. The Hall–Kier alpha value is -2.40. The van der Waals surface area contributed by atoms with Gasteiger partial charge in [0.25, 0.3) is 11.5 Å². The Bertz CT molecular complexity index is 766. The number of aliphatic hydroxyl groups excluding tert-OH is 1. The van der Waals surface area contributed by atoms with Gasteiger partial charge in [-0.25, -0.2) is 0 Å². The Morgan fingerprint density at radius 2 is 2.00 bits per heavy atom. The second kappa shape index (κ2) is 7.01. The van der Waals surface area contributed by atoms with Crippen LogP contribution in [-0.4, -0.2) is 33.1 Å². The summed E-state index contributed by atoms with van der Waals surface area (Å²) in [5.74, 6) is 0.136. The van der Waals surface area contributed by atoms with Crippen LogP contribution < -0.4 is 5.56 Å². The van der Waals surface area contributed by atoms with Gasteiger partial charge in [-0.2, -0.15) is 0 Å². The first-order valence-electron chi connectivity index (χ1n) is 8.22. The van der Waals surface area contributed by atoms with E-state index in [-0.39, 0.29) is 24.1 Å². The van der Waals surface area contributed by atoms with Gasteiger partial charge < -0.3 is 14.6 Å². The van der Waals surface area contributed by atoms with Gasteiger partial charge >= 0.3 is 0 Å². The zero-order valence-corrected chi connectivity index (χ0v) is 13.8. The van der Waals surface area contributed by atoms with Gasteiger partial charge in [-0.3, -0.25) is 9.59 Å². The number of amides is 1. The first-order valence-corrected chi connectivity index (χ1v) is 8.22. The molecular formula is C19H22N2O3. The predicted molar refractivity (Wildman–Crippen MR) is 91.6 cm³/mol. The third kappa shape index (κ3) is 3.57. The second-order valence-corrected chi connectivity index (χ2v) is 6.37. The highest BCUT2D eigenvalue weighted by Crippen LogP contribution is 2.36. The Morgan fingerprint density at radius 3 is 2.58 bits per heavy atom. The van der Waals surface area contributed by atoms with Crippen LogP contribution in [0.5, 0.6) is 0 Å². The van der Waals surface area contributed by atoms with Crippen LogP contribution in [0.1, 0.15) is 28.8 Å². The molecule has 1 atom stereocenters. The predicted octanol–water partition coefficient (Wildman–Crippen LogP) is 1.80. The molecule has 0 saturated heterocycles. The largest absolute Gasteiger partial charge is 0.394 e. The van der Waals surface area contributed by atoms with Crippen molar-refractivity contribution in [1.82, 2.24) is 9.47 Å². The Morgan fingerprint density at radius 1 is 1.29 bits per heavy atom. The fourth-order valence-electron chi connectivity index (χ4n) is 2.95. The van der Waals surface area contributed by atoms with Crippen LogP contribution in [0.2, 0.25) is 0 Å². The number of hydrogen-bond acceptors (Lipinski definition) is 3. The summed E-state index contributed by atoms with van der Waals surface area (Å²) >= 11 is 0. The number of carbonyl (C=O) groups is 1. The van der Waals surface area contributed by atoms with Gasteiger partial charge in [0.2, 0.25) is 0 Å². The first kappa shape index (κ1) is 16.5. The lowest BCUT2D eigenvalue weighted by atomic mass is 10.1. The lowest BCUT2D eigenvalue weighted by Gasteiger charge is -2.31. The first-order chi connectivity index (χ1) is 11.6. The third-order valence-corrected chi connectivity index (χ3v) is 4.56. The van der Waals surface area contributed by atoms with Crippen LogP contribution in [0.3, 0.4) is 0 Å². The smallest absolute Gasteiger partial charge is 0.254 e. The minimum atomic E-state index is -0.215. The van der Waals surface area contributed by atoms with E-state index in [1.165, 1.54) is 10.6 Å². The number of aryl methyl sites for hydroxylation is 1. The number of carbonyl (C=O) groups excluding carboxylic acids is 1. The lowest BCUT2D eigenvalue weighted by Crippen LogP contribution is -2.43. The molecule has 0 bridgehead atoms. The molecule has 24 heavy (non-hydrogen) atoms. The van der Waals surface area contributed by atoms with E-state index in [2.05, 4.69) is 0 Å². The molecule has 1 unspecified atom stereocenters. The molecule has 2 aromatic rings. The van der Waals surface area contributed by atoms with Gasteiger partial charge in [0.15, 0.2) is 0 Å². The normalized spacial score (nSPS) is 15.1. The molecule has 5 nitrogen and oxygen atoms in total. The fraction of sp³-hybridized carbons (Fsp3) is 0.368. The average molecular weight is 326 g/mol. The number of benzene rings is 1. The summed E-state index contributed by atoms with van der Waals surface area (Å²) in [4.78, 5) is 26.6. The highest BCUT2D eigenvalue weighted by Gasteiger charge is 2.37. The maximum Gasteiger partial charge on any atom is 0.254 e. The van der Waals surface area contributed by atoms with Crippen LogP contribution in [-0.2, 0) is 13.6 Å². The Balaban J connectivity index is 1.91. The van der Waals surface area contributed by atoms with Crippen molar-refractivity contribution in [2.45, 2.75) is 25.4 Å². The monoisotopic (exact) mass is 326 g/mol. The number of rotatable bonds is 6. The molecule has 5 heteroatoms. The number of nitrogens with zero attached hydrogens (tertiary/aromatic N) is 2. The van der Waals surface area contributed by atoms with Crippen molar-refractivity contribution in [2.24, 2.45) is 13.0 Å². The summed E-state index contributed by atoms with van der Waals surface area (Å²) in [5.41, 5.74) is 1.16. The minimum Gasteiger partial charge on any atom is -0.394 e. The van der Waals surface area contributed by atoms with Gasteiger partial charge in [-0.1, -0.05) is 30.3 Å². The zero-order chi connectivity index (χ0) is 17.1. The molecular weight excluding hydrogens is 304 g/mol. The average Bonchev–Trinajstić information content (AvgIpc) is 3.42. The summed E-state index contributed by atoms with van der Waals surface area (Å²) in [6, 6.07) is 12.5. The summed E-state index contributed by atoms with van der Waals surface area (Å²) in [5, 5.41) is 9.82. The SMILES string of the molecule is Cn1ccc(C(=O)N(Cc2ccccc2)C(CO)C2CC2)cc1=O. The van der Waals surface area contributed by atoms with Crippen molar-refractivity contribution in [3.63, 3.8) is 0 Å². The standard InChI is InChI=1S/C19H22N2O3/c1-20-10-9-16(11-18(20)23)19(24)21(17(13-22)15-7-8-15)12-14-5-3-2-4-6-14/h2-6,9-11,15,17,22H,7-8,12-13H2,1H3. The zero-order valence-electron chi connectivity index (χ0n) is 13.8. The highest BCUT2D eigenvalue weighted by atomic mass is 16.3. The molecule has 1 aliphatic carbocycles. The molecule has 1 N–H and O–H groups in total. The highest BCUT2D eigenvalue weighted by molar-refractivity contribution is 5.94. The summed E-state index contributed by atoms with van der Waals surface area (Å²) in [7, 11) is 1.65. The van der Waals surface area contributed by atoms with E-state index in [0.29, 0.717) is 18.0 Å². The van der Waals surface area contributed by atoms with Gasteiger partial charge in [0.05, 0.1) is 12.6 Å². The van der Waals surface area contributed by atoms with Gasteiger partial charge in [0.1, 0.15) is 0 Å². The maximum absolute atomic E-state index is 13.0. The molecule has 1 aromatic carbocycles. The number of aromatic nitrogens is 1. The van der Waals surface area contributed by atoms with Crippen LogP contribution in [0, 0.1) is 5.92 Å². The number of pyridine rings is 1. The molecule has 1 saturated carbocycles. The fourth-order valence-corrected chi connectivity index (χ4v) is 2.95. The van der Waals surface area contributed by atoms with E-state index in [1.807, 2.05) is 30.3 Å². The van der Waals surface area contributed by atoms with E-state index in [4.69, 9.17) is 0 Å². The van der Waals surface area contributed by atoms with Crippen molar-refractivity contribution < 1.29 is 9.90 Å². The molecule has 3 rings (SSSR count). The maximum atomic E-state index is 13.0. The van der Waals surface area contributed by atoms with Crippen molar-refractivity contribution in [3.05, 3.63) is 70.1 Å². The van der Waals surface area contributed by atoms with Crippen LogP contribution in [0.25, 0.3) is 0 Å². The summed E-state index contributed by atoms with van der Waals surface area (Å²) < 4.78 is 1.43. The quantitative estimate of drug-likeness (QED) is 0.880. The molecule has 0 aliphatic heterocycles. The molecule has 126 valence electrons. The van der Waals surface area contributed by atoms with Crippen molar-refractivity contribution in [2.75, 3.05) is 6.61 Å². The van der Waals surface area contributed by atoms with Gasteiger partial charge in [-0.05, 0) is 30.4 Å². The van der Waals surface area contributed by atoms with Crippen molar-refractivity contribution >= 4 is 5.91 Å². The Labute approximate surface area is 141 Å². The van der Waals surface area contributed by atoms with E-state index in [0.717, 1.165) is 18.4 Å². The Kier molecular flexibility index (Phi) is 4.81. The summed E-state index contributed by atoms with van der Waals surface area (Å²) in [6.07, 6.45) is 3.65.